The van der Waals surface area contributed by atoms with Crippen LogP contribution in [0.3, 0.4) is 0 Å². The maximum absolute atomic E-state index is 8.66. The van der Waals surface area contributed by atoms with Crippen LogP contribution in [0.2, 0.25) is 0 Å². The molecule has 1 atom stereocenters. The Kier molecular flexibility index (Phi) is 7.11. The maximum atomic E-state index is 8.66. The lowest BCUT2D eigenvalue weighted by Gasteiger charge is -2.12. The summed E-state index contributed by atoms with van der Waals surface area (Å²) >= 11 is 3.67. The zero-order chi connectivity index (χ0) is 12.7. The van der Waals surface area contributed by atoms with E-state index in [1.807, 2.05) is 11.8 Å². The first kappa shape index (κ1) is 15.0. The summed E-state index contributed by atoms with van der Waals surface area (Å²) in [4.78, 5) is 5.80. The molecule has 0 saturated heterocycles. The zero-order valence-electron chi connectivity index (χ0n) is 10.8. The van der Waals surface area contributed by atoms with Crippen molar-refractivity contribution in [3.05, 3.63) is 15.6 Å². The van der Waals surface area contributed by atoms with Crippen molar-refractivity contribution >= 4 is 23.1 Å². The maximum Gasteiger partial charge on any atom is 0.0900 e. The Morgan fingerprint density at radius 1 is 1.41 bits per heavy atom. The first-order chi connectivity index (χ1) is 8.15. The van der Waals surface area contributed by atoms with Gasteiger partial charge in [0, 0.05) is 29.8 Å². The molecule has 0 amide bonds. The highest BCUT2D eigenvalue weighted by Gasteiger charge is 2.11. The van der Waals surface area contributed by atoms with Crippen LogP contribution in [0.1, 0.15) is 35.0 Å². The predicted octanol–water partition coefficient (Wildman–Crippen LogP) is 2.53. The van der Waals surface area contributed by atoms with Crippen molar-refractivity contribution in [2.24, 2.45) is 0 Å². The summed E-state index contributed by atoms with van der Waals surface area (Å²) in [5.41, 5.74) is 1.15. The fourth-order valence-electron chi connectivity index (χ4n) is 1.66. The average molecular weight is 274 g/mol. The Bertz CT molecular complexity index is 328. The molecule has 0 aliphatic rings. The predicted molar refractivity (Wildman–Crippen MR) is 77.0 cm³/mol. The second-order valence-electron chi connectivity index (χ2n) is 4.05. The molecule has 17 heavy (non-hydrogen) atoms. The van der Waals surface area contributed by atoms with E-state index in [1.165, 1.54) is 4.88 Å². The Hall–Kier alpha value is -0.100. The molecule has 1 heterocycles. The van der Waals surface area contributed by atoms with Crippen molar-refractivity contribution in [2.45, 2.75) is 33.2 Å². The van der Waals surface area contributed by atoms with Gasteiger partial charge in [0.25, 0.3) is 0 Å². The molecular formula is C12H22N2OS2. The first-order valence-electron chi connectivity index (χ1n) is 6.01. The summed E-state index contributed by atoms with van der Waals surface area (Å²) in [6.45, 7) is 7.63. The monoisotopic (exact) mass is 274 g/mol. The first-order valence-corrected chi connectivity index (χ1v) is 7.98. The molecule has 1 aromatic heterocycles. The molecule has 5 heteroatoms. The van der Waals surface area contributed by atoms with Gasteiger partial charge in [0.15, 0.2) is 0 Å². The van der Waals surface area contributed by atoms with E-state index < -0.39 is 0 Å². The Morgan fingerprint density at radius 3 is 2.76 bits per heavy atom. The highest BCUT2D eigenvalue weighted by Crippen LogP contribution is 2.24. The Morgan fingerprint density at radius 2 is 2.18 bits per heavy atom. The minimum atomic E-state index is 0.302. The molecule has 0 aromatic carbocycles. The molecule has 0 bridgehead atoms. The molecule has 2 N–H and O–H groups in total. The van der Waals surface area contributed by atoms with Crippen LogP contribution in [0.25, 0.3) is 0 Å². The van der Waals surface area contributed by atoms with E-state index in [-0.39, 0.29) is 0 Å². The van der Waals surface area contributed by atoms with Crippen LogP contribution in [-0.4, -0.2) is 34.7 Å². The van der Waals surface area contributed by atoms with Gasteiger partial charge in [-0.05, 0) is 32.9 Å². The van der Waals surface area contributed by atoms with Crippen LogP contribution in [0, 0.1) is 13.8 Å². The molecule has 0 saturated carbocycles. The van der Waals surface area contributed by atoms with Crippen molar-refractivity contribution in [2.75, 3.05) is 24.7 Å². The second-order valence-corrected chi connectivity index (χ2v) is 6.51. The van der Waals surface area contributed by atoms with Gasteiger partial charge in [-0.1, -0.05) is 0 Å². The summed E-state index contributed by atoms with van der Waals surface area (Å²) in [6, 6.07) is 0.389. The van der Waals surface area contributed by atoms with Crippen molar-refractivity contribution in [3.63, 3.8) is 0 Å². The van der Waals surface area contributed by atoms with Crippen LogP contribution >= 0.6 is 23.1 Å². The van der Waals surface area contributed by atoms with E-state index in [9.17, 15) is 0 Å². The van der Waals surface area contributed by atoms with Gasteiger partial charge in [-0.2, -0.15) is 11.8 Å². The lowest BCUT2D eigenvalue weighted by atomic mass is 10.2. The molecule has 0 fully saturated rings. The molecule has 0 aliphatic heterocycles. The van der Waals surface area contributed by atoms with Crippen LogP contribution in [0.4, 0.5) is 0 Å². The molecule has 0 aliphatic carbocycles. The van der Waals surface area contributed by atoms with Gasteiger partial charge in [-0.15, -0.1) is 11.3 Å². The topological polar surface area (TPSA) is 45.2 Å². The van der Waals surface area contributed by atoms with Gasteiger partial charge in [0.2, 0.25) is 0 Å². The zero-order valence-corrected chi connectivity index (χ0v) is 12.5. The SMILES string of the molecule is Cc1nc(C)c(C(C)NCCSCCCO)s1. The number of aliphatic hydroxyl groups is 1. The summed E-state index contributed by atoms with van der Waals surface area (Å²) in [7, 11) is 0. The average Bonchev–Trinajstić information content (AvgIpc) is 2.62. The standard InChI is InChI=1S/C12H22N2OS2/c1-9(12-10(2)14-11(3)17-12)13-5-8-16-7-4-6-15/h9,13,15H,4-8H2,1-3H3. The number of aryl methyl sites for hydroxylation is 2. The van der Waals surface area contributed by atoms with Gasteiger partial charge in [0.05, 0.1) is 10.7 Å². The third-order valence-corrected chi connectivity index (χ3v) is 4.80. The van der Waals surface area contributed by atoms with E-state index in [0.29, 0.717) is 12.6 Å². The second kappa shape index (κ2) is 8.08. The number of aliphatic hydroxyl groups excluding tert-OH is 1. The normalized spacial score (nSPS) is 12.9. The van der Waals surface area contributed by atoms with Crippen LogP contribution in [0.5, 0.6) is 0 Å². The van der Waals surface area contributed by atoms with Gasteiger partial charge < -0.3 is 10.4 Å². The van der Waals surface area contributed by atoms with Gasteiger partial charge >= 0.3 is 0 Å². The smallest absolute Gasteiger partial charge is 0.0900 e. The molecule has 98 valence electrons. The molecule has 0 radical (unpaired) electrons. The summed E-state index contributed by atoms with van der Waals surface area (Å²) in [5, 5.41) is 13.3. The largest absolute Gasteiger partial charge is 0.396 e. The molecular weight excluding hydrogens is 252 g/mol. The summed E-state index contributed by atoms with van der Waals surface area (Å²) in [5.74, 6) is 2.15. The van der Waals surface area contributed by atoms with Crippen molar-refractivity contribution in [3.8, 4) is 0 Å². The van der Waals surface area contributed by atoms with Gasteiger partial charge in [-0.25, -0.2) is 4.98 Å². The van der Waals surface area contributed by atoms with Crippen LogP contribution in [0.15, 0.2) is 0 Å². The summed E-state index contributed by atoms with van der Waals surface area (Å²) in [6.07, 6.45) is 0.896. The number of hydrogen-bond acceptors (Lipinski definition) is 5. The van der Waals surface area contributed by atoms with Gasteiger partial charge in [0.1, 0.15) is 0 Å². The van der Waals surface area contributed by atoms with E-state index >= 15 is 0 Å². The van der Waals surface area contributed by atoms with Crippen molar-refractivity contribution in [1.29, 1.82) is 0 Å². The highest BCUT2D eigenvalue weighted by atomic mass is 32.2. The van der Waals surface area contributed by atoms with Crippen LogP contribution < -0.4 is 5.32 Å². The number of nitrogens with one attached hydrogen (secondary N) is 1. The van der Waals surface area contributed by atoms with Crippen LogP contribution in [-0.2, 0) is 0 Å². The minimum absolute atomic E-state index is 0.302. The molecule has 1 aromatic rings. The molecule has 3 nitrogen and oxygen atoms in total. The lowest BCUT2D eigenvalue weighted by molar-refractivity contribution is 0.296. The third kappa shape index (κ3) is 5.38. The fourth-order valence-corrected chi connectivity index (χ4v) is 3.41. The summed E-state index contributed by atoms with van der Waals surface area (Å²) < 4.78 is 0. The van der Waals surface area contributed by atoms with E-state index in [0.717, 1.165) is 35.2 Å². The Balaban J connectivity index is 2.21. The van der Waals surface area contributed by atoms with Crippen molar-refractivity contribution < 1.29 is 5.11 Å². The lowest BCUT2D eigenvalue weighted by Crippen LogP contribution is -2.21. The number of aromatic nitrogens is 1. The van der Waals surface area contributed by atoms with E-state index in [2.05, 4.69) is 31.1 Å². The van der Waals surface area contributed by atoms with Gasteiger partial charge in [-0.3, -0.25) is 0 Å². The number of rotatable bonds is 8. The quantitative estimate of drug-likeness (QED) is 0.715. The van der Waals surface area contributed by atoms with E-state index in [1.54, 1.807) is 11.3 Å². The number of thiazole rings is 1. The number of nitrogens with zero attached hydrogens (tertiary/aromatic N) is 1. The van der Waals surface area contributed by atoms with E-state index in [4.69, 9.17) is 5.11 Å². The Labute approximate surface area is 112 Å². The molecule has 1 unspecified atom stereocenters. The number of thioether (sulfide) groups is 1. The molecule has 0 spiro atoms. The highest BCUT2D eigenvalue weighted by molar-refractivity contribution is 7.99. The fraction of sp³-hybridized carbons (Fsp3) is 0.750. The third-order valence-electron chi connectivity index (χ3n) is 2.48. The van der Waals surface area contributed by atoms with Crippen molar-refractivity contribution in [1.82, 2.24) is 10.3 Å². The minimum Gasteiger partial charge on any atom is -0.396 e. The molecule has 1 rings (SSSR count). The number of hydrogen-bond donors (Lipinski definition) is 2.